The smallest absolute Gasteiger partial charge is 0.270 e. The number of benzene rings is 2. The average molecular weight is 371 g/mol. The van der Waals surface area contributed by atoms with Crippen LogP contribution in [-0.4, -0.2) is 20.8 Å². The number of rotatable bonds is 5. The largest absolute Gasteiger partial charge is 0.438 e. The first-order valence-corrected chi connectivity index (χ1v) is 7.70. The van der Waals surface area contributed by atoms with Crippen LogP contribution in [0, 0.1) is 10.1 Å². The lowest BCUT2D eigenvalue weighted by Gasteiger charge is -2.08. The van der Waals surface area contributed by atoms with Crippen LogP contribution in [0.4, 0.5) is 11.4 Å². The summed E-state index contributed by atoms with van der Waals surface area (Å²) in [7, 11) is 0. The first-order chi connectivity index (χ1) is 12.5. The molecule has 3 rings (SSSR count). The van der Waals surface area contributed by atoms with E-state index in [1.807, 2.05) is 0 Å². The van der Waals surface area contributed by atoms with E-state index in [0.29, 0.717) is 17.3 Å². The fourth-order valence-electron chi connectivity index (χ4n) is 2.07. The molecule has 0 radical (unpaired) electrons. The second kappa shape index (κ2) is 7.58. The lowest BCUT2D eigenvalue weighted by molar-refractivity contribution is -0.384. The van der Waals surface area contributed by atoms with Crippen LogP contribution in [0.15, 0.2) is 61.1 Å². The van der Waals surface area contributed by atoms with Crippen LogP contribution in [-0.2, 0) is 0 Å². The summed E-state index contributed by atoms with van der Waals surface area (Å²) in [5.41, 5.74) is 0.463. The van der Waals surface area contributed by atoms with Gasteiger partial charge < -0.3 is 10.1 Å². The number of carbonyl (C=O) groups is 1. The van der Waals surface area contributed by atoms with Crippen molar-refractivity contribution in [1.82, 2.24) is 9.97 Å². The van der Waals surface area contributed by atoms with E-state index in [1.165, 1.54) is 30.7 Å². The van der Waals surface area contributed by atoms with Crippen LogP contribution in [0.1, 0.15) is 10.4 Å². The van der Waals surface area contributed by atoms with Gasteiger partial charge in [-0.3, -0.25) is 19.9 Å². The van der Waals surface area contributed by atoms with Crippen LogP contribution < -0.4 is 10.1 Å². The van der Waals surface area contributed by atoms with Crippen LogP contribution in [0.2, 0.25) is 5.02 Å². The molecule has 26 heavy (non-hydrogen) atoms. The van der Waals surface area contributed by atoms with Gasteiger partial charge in [0.2, 0.25) is 5.88 Å². The van der Waals surface area contributed by atoms with Crippen molar-refractivity contribution >= 4 is 28.9 Å². The molecular weight excluding hydrogens is 360 g/mol. The van der Waals surface area contributed by atoms with E-state index in [0.717, 1.165) is 6.07 Å². The molecule has 0 atom stereocenters. The van der Waals surface area contributed by atoms with E-state index in [4.69, 9.17) is 16.3 Å². The van der Waals surface area contributed by atoms with Crippen LogP contribution >= 0.6 is 11.6 Å². The predicted octanol–water partition coefficient (Wildman–Crippen LogP) is 4.08. The van der Waals surface area contributed by atoms with E-state index in [-0.39, 0.29) is 16.3 Å². The van der Waals surface area contributed by atoms with Gasteiger partial charge in [-0.1, -0.05) is 11.6 Å². The molecule has 0 bridgehead atoms. The van der Waals surface area contributed by atoms with Crippen molar-refractivity contribution in [2.24, 2.45) is 0 Å². The van der Waals surface area contributed by atoms with Crippen molar-refractivity contribution in [1.29, 1.82) is 0 Å². The summed E-state index contributed by atoms with van der Waals surface area (Å²) < 4.78 is 5.51. The fraction of sp³-hybridized carbons (Fsp3) is 0. The van der Waals surface area contributed by atoms with Gasteiger partial charge in [-0.25, -0.2) is 4.98 Å². The Labute approximate surface area is 152 Å². The number of hydrogen-bond acceptors (Lipinski definition) is 6. The molecule has 0 spiro atoms. The lowest BCUT2D eigenvalue weighted by atomic mass is 10.2. The van der Waals surface area contributed by atoms with Crippen LogP contribution in [0.3, 0.4) is 0 Å². The molecule has 8 nitrogen and oxygen atoms in total. The minimum Gasteiger partial charge on any atom is -0.438 e. The highest BCUT2D eigenvalue weighted by Gasteiger charge is 2.15. The number of nitrogens with zero attached hydrogens (tertiary/aromatic N) is 3. The van der Waals surface area contributed by atoms with E-state index in [9.17, 15) is 14.9 Å². The minimum atomic E-state index is -0.580. The zero-order valence-corrected chi connectivity index (χ0v) is 13.9. The number of hydrogen-bond donors (Lipinski definition) is 1. The maximum atomic E-state index is 12.3. The number of anilines is 1. The van der Waals surface area contributed by atoms with Gasteiger partial charge in [-0.15, -0.1) is 0 Å². The van der Waals surface area contributed by atoms with Gasteiger partial charge in [0.25, 0.3) is 11.6 Å². The van der Waals surface area contributed by atoms with Gasteiger partial charge in [-0.05, 0) is 30.3 Å². The first kappa shape index (κ1) is 17.3. The number of nitro groups is 1. The SMILES string of the molecule is O=C(Nc1ccc(Oc2cnccn2)cc1)c1ccc([N+](=O)[O-])cc1Cl. The predicted molar refractivity (Wildman–Crippen MR) is 94.6 cm³/mol. The molecule has 0 saturated heterocycles. The van der Waals surface area contributed by atoms with Gasteiger partial charge in [0.1, 0.15) is 5.75 Å². The Kier molecular flexibility index (Phi) is 5.04. The number of nitrogens with one attached hydrogen (secondary N) is 1. The summed E-state index contributed by atoms with van der Waals surface area (Å²) in [5, 5.41) is 13.4. The molecule has 9 heteroatoms. The lowest BCUT2D eigenvalue weighted by Crippen LogP contribution is -2.12. The molecule has 1 amide bonds. The van der Waals surface area contributed by atoms with E-state index in [2.05, 4.69) is 15.3 Å². The Morgan fingerprint density at radius 3 is 2.54 bits per heavy atom. The summed E-state index contributed by atoms with van der Waals surface area (Å²) in [4.78, 5) is 30.3. The molecule has 1 N–H and O–H groups in total. The van der Waals surface area contributed by atoms with E-state index < -0.39 is 10.8 Å². The molecule has 0 aliphatic rings. The average Bonchev–Trinajstić information content (AvgIpc) is 2.64. The molecule has 130 valence electrons. The summed E-state index contributed by atoms with van der Waals surface area (Å²) in [6, 6.07) is 10.3. The topological polar surface area (TPSA) is 107 Å². The highest BCUT2D eigenvalue weighted by molar-refractivity contribution is 6.34. The maximum Gasteiger partial charge on any atom is 0.270 e. The maximum absolute atomic E-state index is 12.3. The molecule has 0 saturated carbocycles. The van der Waals surface area contributed by atoms with Gasteiger partial charge in [0, 0.05) is 30.2 Å². The quantitative estimate of drug-likeness (QED) is 0.535. The summed E-state index contributed by atoms with van der Waals surface area (Å²) in [5.74, 6) is 0.395. The number of aromatic nitrogens is 2. The molecule has 0 aliphatic heterocycles. The molecular formula is C17H11ClN4O4. The Bertz CT molecular complexity index is 949. The number of amides is 1. The number of nitro benzene ring substituents is 1. The molecule has 0 fully saturated rings. The van der Waals surface area contributed by atoms with Crippen LogP contribution in [0.5, 0.6) is 11.6 Å². The third kappa shape index (κ3) is 4.11. The third-order valence-corrected chi connectivity index (χ3v) is 3.59. The summed E-state index contributed by atoms with van der Waals surface area (Å²) in [6.07, 6.45) is 4.53. The summed E-state index contributed by atoms with van der Waals surface area (Å²) in [6.45, 7) is 0. The van der Waals surface area contributed by atoms with Gasteiger partial charge in [0.15, 0.2) is 0 Å². The second-order valence-corrected chi connectivity index (χ2v) is 5.45. The highest BCUT2D eigenvalue weighted by Crippen LogP contribution is 2.24. The van der Waals surface area contributed by atoms with Gasteiger partial charge >= 0.3 is 0 Å². The number of ether oxygens (including phenoxy) is 1. The van der Waals surface area contributed by atoms with Crippen molar-refractivity contribution in [2.45, 2.75) is 0 Å². The first-order valence-electron chi connectivity index (χ1n) is 7.32. The van der Waals surface area contributed by atoms with E-state index in [1.54, 1.807) is 24.3 Å². The van der Waals surface area contributed by atoms with Crippen molar-refractivity contribution < 1.29 is 14.5 Å². The van der Waals surface area contributed by atoms with Gasteiger partial charge in [-0.2, -0.15) is 0 Å². The molecule has 1 heterocycles. The van der Waals surface area contributed by atoms with Gasteiger partial charge in [0.05, 0.1) is 21.7 Å². The third-order valence-electron chi connectivity index (χ3n) is 3.28. The molecule has 0 unspecified atom stereocenters. The van der Waals surface area contributed by atoms with Crippen LogP contribution in [0.25, 0.3) is 0 Å². The zero-order valence-electron chi connectivity index (χ0n) is 13.1. The second-order valence-electron chi connectivity index (χ2n) is 5.05. The molecule has 1 aromatic heterocycles. The van der Waals surface area contributed by atoms with Crippen molar-refractivity contribution in [3.05, 3.63) is 81.8 Å². The van der Waals surface area contributed by atoms with Crippen molar-refractivity contribution in [2.75, 3.05) is 5.32 Å². The Morgan fingerprint density at radius 1 is 1.15 bits per heavy atom. The molecule has 0 aliphatic carbocycles. The fourth-order valence-corrected chi connectivity index (χ4v) is 2.33. The molecule has 2 aromatic carbocycles. The number of halogens is 1. The Morgan fingerprint density at radius 2 is 1.92 bits per heavy atom. The summed E-state index contributed by atoms with van der Waals surface area (Å²) >= 11 is 5.95. The Hall–Kier alpha value is -3.52. The zero-order chi connectivity index (χ0) is 18.5. The Balaban J connectivity index is 1.69. The normalized spacial score (nSPS) is 10.2. The standard InChI is InChI=1S/C17H11ClN4O4/c18-15-9-12(22(24)25)3-6-14(15)17(23)21-11-1-4-13(5-2-11)26-16-10-19-7-8-20-16/h1-10H,(H,21,23). The van der Waals surface area contributed by atoms with Crippen molar-refractivity contribution in [3.8, 4) is 11.6 Å². The monoisotopic (exact) mass is 370 g/mol. The number of non-ortho nitro benzene ring substituents is 1. The van der Waals surface area contributed by atoms with E-state index >= 15 is 0 Å². The highest BCUT2D eigenvalue weighted by atomic mass is 35.5. The van der Waals surface area contributed by atoms with Crippen molar-refractivity contribution in [3.63, 3.8) is 0 Å². The molecule has 3 aromatic rings. The minimum absolute atomic E-state index is 0.000643. The number of carbonyl (C=O) groups excluding carboxylic acids is 1.